The Balaban J connectivity index is 2.58. The summed E-state index contributed by atoms with van der Waals surface area (Å²) in [6.45, 7) is 1.32. The smallest absolute Gasteiger partial charge is 0.343 e. The van der Waals surface area contributed by atoms with Crippen molar-refractivity contribution in [1.82, 2.24) is 0 Å². The van der Waals surface area contributed by atoms with Crippen LogP contribution in [0.15, 0.2) is 40.9 Å². The van der Waals surface area contributed by atoms with Gasteiger partial charge in [-0.1, -0.05) is 0 Å². The second-order valence-corrected chi connectivity index (χ2v) is 5.07. The fourth-order valence-electron chi connectivity index (χ4n) is 1.98. The molecule has 0 radical (unpaired) electrons. The van der Waals surface area contributed by atoms with Crippen molar-refractivity contribution in [3.05, 3.63) is 70.6 Å². The van der Waals surface area contributed by atoms with Crippen LogP contribution in [0.25, 0.3) is 5.76 Å². The van der Waals surface area contributed by atoms with Gasteiger partial charge < -0.3 is 9.84 Å². The number of rotatable bonds is 5. The normalized spacial score (nSPS) is 12.2. The van der Waals surface area contributed by atoms with E-state index in [0.29, 0.717) is 0 Å². The van der Waals surface area contributed by atoms with E-state index in [0.717, 1.165) is 18.3 Å². The Morgan fingerprint density at radius 2 is 1.70 bits per heavy atom. The third-order valence-electron chi connectivity index (χ3n) is 3.28. The van der Waals surface area contributed by atoms with Crippen molar-refractivity contribution in [1.29, 1.82) is 0 Å². The molecular weight excluding hydrogens is 373 g/mol. The minimum atomic E-state index is -2.16. The number of esters is 1. The van der Waals surface area contributed by atoms with E-state index in [4.69, 9.17) is 0 Å². The molecule has 0 amide bonds. The Kier molecular flexibility index (Phi) is 6.27. The lowest BCUT2D eigenvalue weighted by molar-refractivity contribution is -0.137. The molecule has 2 rings (SSSR count). The van der Waals surface area contributed by atoms with Crippen molar-refractivity contribution >= 4 is 23.6 Å². The maximum Gasteiger partial charge on any atom is 0.343 e. The van der Waals surface area contributed by atoms with E-state index in [1.165, 1.54) is 19.1 Å². The Morgan fingerprint density at radius 1 is 1.07 bits per heavy atom. The van der Waals surface area contributed by atoms with Crippen molar-refractivity contribution in [2.45, 2.75) is 6.92 Å². The first-order valence-corrected chi connectivity index (χ1v) is 7.49. The first kappa shape index (κ1) is 20.1. The number of carbonyl (C=O) groups is 1. The third kappa shape index (κ3) is 4.49. The van der Waals surface area contributed by atoms with E-state index >= 15 is 0 Å². The van der Waals surface area contributed by atoms with Crippen LogP contribution in [-0.2, 0) is 9.53 Å². The van der Waals surface area contributed by atoms with Gasteiger partial charge in [-0.25, -0.2) is 26.7 Å². The fraction of sp³-hybridized carbons (Fsp3) is 0.111. The van der Waals surface area contributed by atoms with Crippen LogP contribution in [0, 0.1) is 29.1 Å². The van der Waals surface area contributed by atoms with E-state index < -0.39 is 52.0 Å². The quantitative estimate of drug-likeness (QED) is 0.155. The average molecular weight is 385 g/mol. The zero-order valence-electron chi connectivity index (χ0n) is 13.8. The summed E-state index contributed by atoms with van der Waals surface area (Å²) in [6, 6.07) is 4.82. The highest BCUT2D eigenvalue weighted by Gasteiger charge is 2.25. The van der Waals surface area contributed by atoms with Gasteiger partial charge in [0.15, 0.2) is 23.3 Å². The Bertz CT molecular complexity index is 924. The van der Waals surface area contributed by atoms with Crippen LogP contribution in [-0.4, -0.2) is 23.9 Å². The summed E-state index contributed by atoms with van der Waals surface area (Å²) >= 11 is 0. The highest BCUT2D eigenvalue weighted by atomic mass is 19.2. The van der Waals surface area contributed by atoms with Crippen LogP contribution in [0.1, 0.15) is 12.5 Å². The van der Waals surface area contributed by atoms with E-state index in [-0.39, 0.29) is 18.4 Å². The Hall–Kier alpha value is -3.23. The number of aliphatic hydroxyl groups is 1. The Morgan fingerprint density at radius 3 is 2.30 bits per heavy atom. The summed E-state index contributed by atoms with van der Waals surface area (Å²) in [5.74, 6) is -10.8. The molecule has 9 heteroatoms. The monoisotopic (exact) mass is 385 g/mol. The predicted molar refractivity (Wildman–Crippen MR) is 87.0 cm³/mol. The van der Waals surface area contributed by atoms with Gasteiger partial charge in [0.25, 0.3) is 0 Å². The molecule has 0 heterocycles. The summed E-state index contributed by atoms with van der Waals surface area (Å²) in [4.78, 5) is 15.8. The number of aliphatic hydroxyl groups excluding tert-OH is 1. The SMILES string of the molecule is CCOC(=O)/C(C=Nc1ccc(F)cc1)=C(\O)c1cc(F)c(F)c(F)c1F. The fourth-order valence-corrected chi connectivity index (χ4v) is 1.98. The first-order chi connectivity index (χ1) is 12.8. The lowest BCUT2D eigenvalue weighted by Gasteiger charge is -2.09. The molecule has 2 aromatic carbocycles. The highest BCUT2D eigenvalue weighted by Crippen LogP contribution is 2.26. The van der Waals surface area contributed by atoms with Crippen LogP contribution in [0.4, 0.5) is 27.6 Å². The molecule has 0 aliphatic carbocycles. The number of aliphatic imine (C=N–C) groups is 1. The molecule has 0 aromatic heterocycles. The van der Waals surface area contributed by atoms with Crippen molar-refractivity contribution in [3.63, 3.8) is 0 Å². The summed E-state index contributed by atoms with van der Waals surface area (Å²) in [5, 5.41) is 10.2. The van der Waals surface area contributed by atoms with Gasteiger partial charge in [0, 0.05) is 6.21 Å². The summed E-state index contributed by atoms with van der Waals surface area (Å²) < 4.78 is 71.3. The van der Waals surface area contributed by atoms with Gasteiger partial charge in [0.05, 0.1) is 17.9 Å². The molecule has 2 aromatic rings. The van der Waals surface area contributed by atoms with Gasteiger partial charge in [-0.15, -0.1) is 0 Å². The molecular formula is C18H12F5NO3. The Labute approximate surface area is 150 Å². The molecule has 0 bridgehead atoms. The summed E-state index contributed by atoms with van der Waals surface area (Å²) in [5.41, 5.74) is -1.69. The van der Waals surface area contributed by atoms with Gasteiger partial charge in [-0.2, -0.15) is 0 Å². The molecule has 0 fully saturated rings. The third-order valence-corrected chi connectivity index (χ3v) is 3.28. The molecule has 0 saturated heterocycles. The number of benzene rings is 2. The topological polar surface area (TPSA) is 58.9 Å². The van der Waals surface area contributed by atoms with E-state index in [9.17, 15) is 31.9 Å². The molecule has 27 heavy (non-hydrogen) atoms. The molecule has 0 saturated carbocycles. The van der Waals surface area contributed by atoms with E-state index in [1.807, 2.05) is 0 Å². The number of nitrogens with zero attached hydrogens (tertiary/aromatic N) is 1. The van der Waals surface area contributed by atoms with Crippen molar-refractivity contribution in [3.8, 4) is 0 Å². The molecule has 4 nitrogen and oxygen atoms in total. The molecule has 0 atom stereocenters. The minimum Gasteiger partial charge on any atom is -0.506 e. The molecule has 0 spiro atoms. The van der Waals surface area contributed by atoms with E-state index in [2.05, 4.69) is 9.73 Å². The summed E-state index contributed by atoms with van der Waals surface area (Å²) in [7, 11) is 0. The molecule has 0 aliphatic heterocycles. The molecule has 0 unspecified atom stereocenters. The van der Waals surface area contributed by atoms with E-state index in [1.54, 1.807) is 0 Å². The van der Waals surface area contributed by atoms with Gasteiger partial charge in [0.2, 0.25) is 0 Å². The molecule has 142 valence electrons. The number of hydrogen-bond donors (Lipinski definition) is 1. The van der Waals surface area contributed by atoms with Crippen molar-refractivity contribution < 1.29 is 36.6 Å². The predicted octanol–water partition coefficient (Wildman–Crippen LogP) is 4.62. The van der Waals surface area contributed by atoms with Crippen LogP contribution < -0.4 is 0 Å². The average Bonchev–Trinajstić information content (AvgIpc) is 2.64. The maximum atomic E-state index is 13.9. The molecule has 1 N–H and O–H groups in total. The second-order valence-electron chi connectivity index (χ2n) is 5.07. The lowest BCUT2D eigenvalue weighted by Crippen LogP contribution is -2.12. The first-order valence-electron chi connectivity index (χ1n) is 7.49. The number of carbonyl (C=O) groups excluding carboxylic acids is 1. The largest absolute Gasteiger partial charge is 0.506 e. The second kappa shape index (κ2) is 8.43. The minimum absolute atomic E-state index is 0.130. The lowest BCUT2D eigenvalue weighted by atomic mass is 10.1. The van der Waals surface area contributed by atoms with Crippen molar-refractivity contribution in [2.24, 2.45) is 4.99 Å². The number of halogens is 5. The highest BCUT2D eigenvalue weighted by molar-refractivity contribution is 6.15. The zero-order valence-corrected chi connectivity index (χ0v) is 13.8. The van der Waals surface area contributed by atoms with Gasteiger partial charge in [-0.3, -0.25) is 4.99 Å². The molecule has 0 aliphatic rings. The van der Waals surface area contributed by atoms with Crippen LogP contribution >= 0.6 is 0 Å². The van der Waals surface area contributed by atoms with Crippen LogP contribution in [0.3, 0.4) is 0 Å². The van der Waals surface area contributed by atoms with Crippen LogP contribution in [0.5, 0.6) is 0 Å². The number of ether oxygens (including phenoxy) is 1. The zero-order chi connectivity index (χ0) is 20.1. The number of hydrogen-bond acceptors (Lipinski definition) is 4. The van der Waals surface area contributed by atoms with Crippen LogP contribution in [0.2, 0.25) is 0 Å². The summed E-state index contributed by atoms with van der Waals surface area (Å²) in [6.07, 6.45) is 0.749. The van der Waals surface area contributed by atoms with Gasteiger partial charge >= 0.3 is 5.97 Å². The van der Waals surface area contributed by atoms with Crippen molar-refractivity contribution in [2.75, 3.05) is 6.61 Å². The van der Waals surface area contributed by atoms with Gasteiger partial charge in [-0.05, 0) is 37.3 Å². The standard InChI is InChI=1S/C18H12F5NO3/c1-2-27-18(26)12(8-24-10-5-3-9(19)4-6-10)17(25)11-7-13(20)15(22)16(23)14(11)21/h3-8,25H,2H2,1H3/b17-12-,24-8?. The van der Waals surface area contributed by atoms with Gasteiger partial charge in [0.1, 0.15) is 17.1 Å². The maximum absolute atomic E-state index is 13.9.